The lowest BCUT2D eigenvalue weighted by Gasteiger charge is -2.37. The summed E-state index contributed by atoms with van der Waals surface area (Å²) in [4.78, 5) is 12.4. The van der Waals surface area contributed by atoms with Crippen molar-refractivity contribution in [1.29, 1.82) is 0 Å². The molecule has 0 aliphatic heterocycles. The van der Waals surface area contributed by atoms with Crippen LogP contribution < -0.4 is 15.8 Å². The minimum Gasteiger partial charge on any atom is -0.491 e. The molecule has 1 amide bonds. The van der Waals surface area contributed by atoms with Gasteiger partial charge in [0.15, 0.2) is 0 Å². The van der Waals surface area contributed by atoms with E-state index >= 15 is 0 Å². The van der Waals surface area contributed by atoms with E-state index in [-0.39, 0.29) is 23.4 Å². The van der Waals surface area contributed by atoms with E-state index in [1.54, 1.807) is 0 Å². The average Bonchev–Trinajstić information content (AvgIpc) is 2.44. The Morgan fingerprint density at radius 1 is 1.50 bits per heavy atom. The van der Waals surface area contributed by atoms with Gasteiger partial charge in [-0.15, -0.1) is 0 Å². The number of amides is 1. The summed E-state index contributed by atoms with van der Waals surface area (Å²) in [5.41, 5.74) is 7.06. The highest BCUT2D eigenvalue weighted by Gasteiger charge is 2.38. The topological polar surface area (TPSA) is 64.3 Å². The molecule has 3 N–H and O–H groups in total. The van der Waals surface area contributed by atoms with Crippen LogP contribution in [0.1, 0.15) is 45.1 Å². The number of ether oxygens (including phenoxy) is 1. The van der Waals surface area contributed by atoms with E-state index in [2.05, 4.69) is 5.32 Å². The van der Waals surface area contributed by atoms with Gasteiger partial charge in [0, 0.05) is 5.54 Å². The molecule has 0 heterocycles. The third kappa shape index (κ3) is 4.47. The Bertz CT molecular complexity index is 514. The fourth-order valence-corrected chi connectivity index (χ4v) is 3.10. The molecule has 4 heteroatoms. The molecular formula is C18H28N2O2. The van der Waals surface area contributed by atoms with E-state index < -0.39 is 0 Å². The molecule has 3 unspecified atom stereocenters. The first-order valence-corrected chi connectivity index (χ1v) is 8.17. The molecule has 22 heavy (non-hydrogen) atoms. The third-order valence-corrected chi connectivity index (χ3v) is 4.45. The van der Waals surface area contributed by atoms with Crippen LogP contribution in [-0.4, -0.2) is 24.1 Å². The molecule has 1 aromatic carbocycles. The van der Waals surface area contributed by atoms with Gasteiger partial charge in [-0.3, -0.25) is 4.79 Å². The maximum Gasteiger partial charge on any atom is 0.225 e. The zero-order valence-electron chi connectivity index (χ0n) is 13.9. The molecule has 2 rings (SSSR count). The number of hydrogen-bond donors (Lipinski definition) is 2. The van der Waals surface area contributed by atoms with E-state index in [0.29, 0.717) is 6.61 Å². The normalized spacial score (nSPS) is 26.3. The van der Waals surface area contributed by atoms with Gasteiger partial charge in [0.2, 0.25) is 5.91 Å². The molecule has 0 aromatic heterocycles. The Morgan fingerprint density at radius 3 is 2.95 bits per heavy atom. The number of rotatable bonds is 5. The molecular weight excluding hydrogens is 276 g/mol. The Hall–Kier alpha value is -1.55. The van der Waals surface area contributed by atoms with E-state index in [4.69, 9.17) is 10.5 Å². The van der Waals surface area contributed by atoms with Crippen LogP contribution in [0.25, 0.3) is 0 Å². The highest BCUT2D eigenvalue weighted by atomic mass is 16.5. The second-order valence-corrected chi connectivity index (χ2v) is 6.84. The van der Waals surface area contributed by atoms with Crippen molar-refractivity contribution >= 4 is 5.91 Å². The van der Waals surface area contributed by atoms with Crippen LogP contribution >= 0.6 is 0 Å². The smallest absolute Gasteiger partial charge is 0.225 e. The first-order valence-electron chi connectivity index (χ1n) is 8.17. The Morgan fingerprint density at radius 2 is 2.27 bits per heavy atom. The predicted octanol–water partition coefficient (Wildman–Crippen LogP) is 2.79. The van der Waals surface area contributed by atoms with Gasteiger partial charge >= 0.3 is 0 Å². The van der Waals surface area contributed by atoms with Gasteiger partial charge in [-0.05, 0) is 51.3 Å². The summed E-state index contributed by atoms with van der Waals surface area (Å²) in [5.74, 6) is 0.801. The largest absolute Gasteiger partial charge is 0.491 e. The zero-order chi connectivity index (χ0) is 16.2. The molecule has 0 saturated heterocycles. The van der Waals surface area contributed by atoms with Gasteiger partial charge in [0.25, 0.3) is 0 Å². The lowest BCUT2D eigenvalue weighted by molar-refractivity contribution is -0.128. The van der Waals surface area contributed by atoms with E-state index in [1.165, 1.54) is 0 Å². The number of aryl methyl sites for hydroxylation is 1. The number of hydrogen-bond acceptors (Lipinski definition) is 3. The third-order valence-electron chi connectivity index (χ3n) is 4.45. The molecule has 1 saturated carbocycles. The van der Waals surface area contributed by atoms with Crippen molar-refractivity contribution < 1.29 is 9.53 Å². The van der Waals surface area contributed by atoms with Crippen molar-refractivity contribution in [1.82, 2.24) is 5.32 Å². The predicted molar refractivity (Wildman–Crippen MR) is 88.8 cm³/mol. The summed E-state index contributed by atoms with van der Waals surface area (Å²) in [6.07, 6.45) is 3.99. The molecule has 0 bridgehead atoms. The second kappa shape index (κ2) is 7.14. The van der Waals surface area contributed by atoms with Crippen LogP contribution in [0.5, 0.6) is 5.75 Å². The van der Waals surface area contributed by atoms with Crippen molar-refractivity contribution in [2.45, 2.75) is 58.0 Å². The standard InChI is InChI=1S/C18H28N2O2/c1-13-7-6-8-15(11-13)22-12-14(2)20-17(21)16-9-4-5-10-18(16,3)19/h6-8,11,14,16H,4-5,9-10,12,19H2,1-3H3,(H,20,21). The molecule has 0 spiro atoms. The summed E-state index contributed by atoms with van der Waals surface area (Å²) in [6, 6.07) is 7.89. The monoisotopic (exact) mass is 304 g/mol. The van der Waals surface area contributed by atoms with E-state index in [1.807, 2.05) is 45.0 Å². The van der Waals surface area contributed by atoms with Crippen molar-refractivity contribution in [3.05, 3.63) is 29.8 Å². The minimum absolute atomic E-state index is 0.0364. The van der Waals surface area contributed by atoms with Crippen molar-refractivity contribution in [3.8, 4) is 5.75 Å². The van der Waals surface area contributed by atoms with Gasteiger partial charge in [0.1, 0.15) is 12.4 Å². The lowest BCUT2D eigenvalue weighted by Crippen LogP contribution is -2.54. The van der Waals surface area contributed by atoms with Crippen molar-refractivity contribution in [2.24, 2.45) is 11.7 Å². The van der Waals surface area contributed by atoms with Crippen molar-refractivity contribution in [2.75, 3.05) is 6.61 Å². The number of carbonyl (C=O) groups is 1. The number of benzene rings is 1. The molecule has 1 aromatic rings. The highest BCUT2D eigenvalue weighted by molar-refractivity contribution is 5.80. The number of nitrogens with two attached hydrogens (primary N) is 1. The second-order valence-electron chi connectivity index (χ2n) is 6.84. The van der Waals surface area contributed by atoms with Gasteiger partial charge in [-0.1, -0.05) is 25.0 Å². The fourth-order valence-electron chi connectivity index (χ4n) is 3.10. The van der Waals surface area contributed by atoms with E-state index in [9.17, 15) is 4.79 Å². The van der Waals surface area contributed by atoms with Crippen LogP contribution in [0, 0.1) is 12.8 Å². The van der Waals surface area contributed by atoms with Crippen LogP contribution in [0.15, 0.2) is 24.3 Å². The van der Waals surface area contributed by atoms with Gasteiger partial charge < -0.3 is 15.8 Å². The Kier molecular flexibility index (Phi) is 5.46. The molecule has 122 valence electrons. The van der Waals surface area contributed by atoms with Crippen molar-refractivity contribution in [3.63, 3.8) is 0 Å². The quantitative estimate of drug-likeness (QED) is 0.879. The summed E-state index contributed by atoms with van der Waals surface area (Å²) < 4.78 is 5.74. The van der Waals surface area contributed by atoms with E-state index in [0.717, 1.165) is 37.0 Å². The molecule has 0 radical (unpaired) electrons. The number of nitrogens with one attached hydrogen (secondary N) is 1. The maximum absolute atomic E-state index is 12.4. The average molecular weight is 304 g/mol. The summed E-state index contributed by atoms with van der Waals surface area (Å²) in [6.45, 7) is 6.45. The van der Waals surface area contributed by atoms with Gasteiger partial charge in [0.05, 0.1) is 12.0 Å². The first kappa shape index (κ1) is 16.8. The highest BCUT2D eigenvalue weighted by Crippen LogP contribution is 2.31. The first-order chi connectivity index (χ1) is 10.4. The molecule has 4 nitrogen and oxygen atoms in total. The SMILES string of the molecule is Cc1cccc(OCC(C)NC(=O)C2CCCCC2(C)N)c1. The fraction of sp³-hybridized carbons (Fsp3) is 0.611. The number of carbonyl (C=O) groups excluding carboxylic acids is 1. The minimum atomic E-state index is -0.389. The van der Waals surface area contributed by atoms with Crippen LogP contribution in [0.2, 0.25) is 0 Å². The Labute approximate surface area is 133 Å². The Balaban J connectivity index is 1.83. The van der Waals surface area contributed by atoms with Crippen LogP contribution in [-0.2, 0) is 4.79 Å². The molecule has 1 fully saturated rings. The summed E-state index contributed by atoms with van der Waals surface area (Å²) in [5, 5.41) is 3.05. The maximum atomic E-state index is 12.4. The van der Waals surface area contributed by atoms with Gasteiger partial charge in [-0.25, -0.2) is 0 Å². The summed E-state index contributed by atoms with van der Waals surface area (Å²) in [7, 11) is 0. The molecule has 1 aliphatic carbocycles. The van der Waals surface area contributed by atoms with Crippen LogP contribution in [0.4, 0.5) is 0 Å². The lowest BCUT2D eigenvalue weighted by atomic mass is 9.74. The zero-order valence-corrected chi connectivity index (χ0v) is 13.9. The summed E-state index contributed by atoms with van der Waals surface area (Å²) >= 11 is 0. The van der Waals surface area contributed by atoms with Gasteiger partial charge in [-0.2, -0.15) is 0 Å². The van der Waals surface area contributed by atoms with Crippen LogP contribution in [0.3, 0.4) is 0 Å². The molecule has 1 aliphatic rings. The molecule has 3 atom stereocenters.